The summed E-state index contributed by atoms with van der Waals surface area (Å²) in [5.41, 5.74) is -2.84. The SMILES string of the molecule is CC(C)COC(=O)c1ccc(C(=O)O)cc1C(=O)OC(C)C.CC(C)OC(=O)CC(O)(CC(=O)O)C(=O)O.C[CH-]C.[Y]. The molecular weight excluding hydrogens is 633 g/mol. The molecular formula is C28H41O13Y-. The molecule has 0 saturated heterocycles. The Labute approximate surface area is 270 Å². The Kier molecular flexibility index (Phi) is 22.6. The van der Waals surface area contributed by atoms with Crippen LogP contribution in [0.15, 0.2) is 18.2 Å². The van der Waals surface area contributed by atoms with Crippen LogP contribution in [0.4, 0.5) is 0 Å². The molecule has 0 amide bonds. The first-order valence-corrected chi connectivity index (χ1v) is 12.7. The summed E-state index contributed by atoms with van der Waals surface area (Å²) < 4.78 is 14.8. The minimum absolute atomic E-state index is 0. The Hall–Kier alpha value is -2.90. The molecule has 0 fully saturated rings. The van der Waals surface area contributed by atoms with Crippen molar-refractivity contribution in [2.45, 2.75) is 86.0 Å². The van der Waals surface area contributed by atoms with E-state index >= 15 is 0 Å². The largest absolute Gasteiger partial charge is 0.481 e. The van der Waals surface area contributed by atoms with Crippen LogP contribution in [0.25, 0.3) is 0 Å². The number of carbonyl (C=O) groups is 6. The Morgan fingerprint density at radius 1 is 0.810 bits per heavy atom. The van der Waals surface area contributed by atoms with Gasteiger partial charge in [0.1, 0.15) is 0 Å². The fourth-order valence-corrected chi connectivity index (χ4v) is 2.63. The van der Waals surface area contributed by atoms with Gasteiger partial charge in [-0.2, -0.15) is 13.8 Å². The van der Waals surface area contributed by atoms with Crippen LogP contribution < -0.4 is 0 Å². The predicted octanol–water partition coefficient (Wildman–Crippen LogP) is 3.61. The van der Waals surface area contributed by atoms with Crippen LogP contribution in [0.2, 0.25) is 0 Å². The summed E-state index contributed by atoms with van der Waals surface area (Å²) in [7, 11) is 0. The zero-order valence-electron chi connectivity index (χ0n) is 25.2. The summed E-state index contributed by atoms with van der Waals surface area (Å²) in [6, 6.07) is 3.64. The quantitative estimate of drug-likeness (QED) is 0.142. The van der Waals surface area contributed by atoms with Gasteiger partial charge in [0.2, 0.25) is 0 Å². The minimum Gasteiger partial charge on any atom is -0.481 e. The van der Waals surface area contributed by atoms with Crippen molar-refractivity contribution in [3.63, 3.8) is 0 Å². The van der Waals surface area contributed by atoms with Crippen LogP contribution in [-0.2, 0) is 61.3 Å². The number of rotatable bonds is 12. The van der Waals surface area contributed by atoms with Gasteiger partial charge >= 0.3 is 35.8 Å². The number of hydrogen-bond donors (Lipinski definition) is 4. The van der Waals surface area contributed by atoms with Crippen molar-refractivity contribution >= 4 is 35.8 Å². The predicted molar refractivity (Wildman–Crippen MR) is 145 cm³/mol. The van der Waals surface area contributed by atoms with Crippen LogP contribution in [0, 0.1) is 12.3 Å². The number of ether oxygens (including phenoxy) is 3. The van der Waals surface area contributed by atoms with Crippen LogP contribution in [0.1, 0.15) is 99.3 Å². The molecule has 1 aromatic rings. The second-order valence-corrected chi connectivity index (χ2v) is 9.71. The summed E-state index contributed by atoms with van der Waals surface area (Å²) in [6.07, 6.45) is -0.807. The van der Waals surface area contributed by atoms with E-state index in [1.807, 2.05) is 34.1 Å². The number of aliphatic hydroxyl groups is 1. The number of esters is 3. The van der Waals surface area contributed by atoms with E-state index < -0.39 is 60.4 Å². The maximum absolute atomic E-state index is 12.1. The molecule has 1 aromatic carbocycles. The van der Waals surface area contributed by atoms with Gasteiger partial charge in [0.05, 0.1) is 48.3 Å². The van der Waals surface area contributed by atoms with Gasteiger partial charge in [-0.15, -0.1) is 0 Å². The van der Waals surface area contributed by atoms with Gasteiger partial charge in [0, 0.05) is 32.7 Å². The number of benzene rings is 1. The van der Waals surface area contributed by atoms with Crippen molar-refractivity contribution in [3.05, 3.63) is 41.3 Å². The van der Waals surface area contributed by atoms with Crippen molar-refractivity contribution in [2.75, 3.05) is 6.61 Å². The van der Waals surface area contributed by atoms with E-state index in [1.165, 1.54) is 12.1 Å². The third-order valence-electron chi connectivity index (χ3n) is 4.24. The van der Waals surface area contributed by atoms with E-state index in [0.717, 1.165) is 6.07 Å². The number of carboxylic acid groups (broad SMARTS) is 3. The Bertz CT molecular complexity index is 1050. The Morgan fingerprint density at radius 3 is 1.69 bits per heavy atom. The van der Waals surface area contributed by atoms with Gasteiger partial charge in [0.25, 0.3) is 0 Å². The molecule has 0 spiro atoms. The van der Waals surface area contributed by atoms with Gasteiger partial charge in [-0.3, -0.25) is 9.59 Å². The molecule has 0 bridgehead atoms. The van der Waals surface area contributed by atoms with Gasteiger partial charge in [0.15, 0.2) is 5.60 Å². The molecule has 0 aliphatic carbocycles. The number of hydrogen-bond acceptors (Lipinski definition) is 10. The smallest absolute Gasteiger partial charge is 0.339 e. The summed E-state index contributed by atoms with van der Waals surface area (Å²) in [5, 5.41) is 35.5. The van der Waals surface area contributed by atoms with Gasteiger partial charge in [-0.25, -0.2) is 19.2 Å². The standard InChI is InChI=1S/C16H20O6.C9H14O7.C3H7.Y/c1-9(2)8-21-15(19)12-6-5-11(14(17)18)7-13(12)16(20)22-10(3)4;1-5(2)16-7(12)4-9(15,8(13)14)3-6(10)11;1-3-2;/h5-7,9-10H,8H2,1-4H3,(H,17,18);5,15H,3-4H2,1-2H3,(H,10,11)(H,13,14);3H,1-2H3;/q;;-1;. The third kappa shape index (κ3) is 18.5. The van der Waals surface area contributed by atoms with Crippen LogP contribution in [0.3, 0.4) is 0 Å². The second kappa shape index (κ2) is 21.8. The van der Waals surface area contributed by atoms with Gasteiger partial charge < -0.3 is 41.1 Å². The minimum atomic E-state index is -2.63. The van der Waals surface area contributed by atoms with Crippen LogP contribution in [-0.4, -0.2) is 80.7 Å². The zero-order valence-corrected chi connectivity index (χ0v) is 28.0. The summed E-state index contributed by atoms with van der Waals surface area (Å²) in [5.74, 6) is -6.72. The van der Waals surface area contributed by atoms with E-state index in [2.05, 4.69) is 4.74 Å². The summed E-state index contributed by atoms with van der Waals surface area (Å²) >= 11 is 0. The maximum atomic E-state index is 12.1. The molecule has 14 heteroatoms. The van der Waals surface area contributed by atoms with E-state index in [1.54, 1.807) is 27.7 Å². The Balaban J connectivity index is -0.000000674. The molecule has 13 nitrogen and oxygen atoms in total. The average Bonchev–Trinajstić information content (AvgIpc) is 2.81. The number of aliphatic carboxylic acids is 2. The molecule has 1 atom stereocenters. The van der Waals surface area contributed by atoms with Crippen molar-refractivity contribution in [1.82, 2.24) is 0 Å². The molecule has 0 saturated carbocycles. The number of carboxylic acids is 3. The molecule has 42 heavy (non-hydrogen) atoms. The van der Waals surface area contributed by atoms with E-state index in [0.29, 0.717) is 0 Å². The first kappa shape index (κ1) is 43.6. The molecule has 1 unspecified atom stereocenters. The van der Waals surface area contributed by atoms with Gasteiger partial charge in [-0.1, -0.05) is 13.8 Å². The normalized spacial score (nSPS) is 11.4. The molecule has 0 aliphatic rings. The van der Waals surface area contributed by atoms with Crippen molar-refractivity contribution < 1.29 is 96.1 Å². The molecule has 1 rings (SSSR count). The fourth-order valence-electron chi connectivity index (χ4n) is 2.63. The average molecular weight is 675 g/mol. The molecule has 4 N–H and O–H groups in total. The molecule has 0 aliphatic heterocycles. The third-order valence-corrected chi connectivity index (χ3v) is 4.24. The van der Waals surface area contributed by atoms with Crippen molar-refractivity contribution in [1.29, 1.82) is 0 Å². The first-order valence-electron chi connectivity index (χ1n) is 12.7. The van der Waals surface area contributed by atoms with Gasteiger partial charge in [-0.05, 0) is 51.8 Å². The summed E-state index contributed by atoms with van der Waals surface area (Å²) in [4.78, 5) is 67.3. The molecule has 0 heterocycles. The van der Waals surface area contributed by atoms with Crippen LogP contribution >= 0.6 is 0 Å². The molecule has 0 aromatic heterocycles. The maximum Gasteiger partial charge on any atom is 0.339 e. The van der Waals surface area contributed by atoms with Crippen molar-refractivity contribution in [2.24, 2.45) is 5.92 Å². The van der Waals surface area contributed by atoms with Crippen molar-refractivity contribution in [3.8, 4) is 0 Å². The van der Waals surface area contributed by atoms with E-state index in [-0.39, 0.29) is 68.0 Å². The fraction of sp³-hybridized carbons (Fsp3) is 0.536. The van der Waals surface area contributed by atoms with Crippen LogP contribution in [0.5, 0.6) is 0 Å². The van der Waals surface area contributed by atoms with E-state index in [4.69, 9.17) is 24.8 Å². The first-order chi connectivity index (χ1) is 18.8. The second-order valence-electron chi connectivity index (χ2n) is 9.71. The van der Waals surface area contributed by atoms with E-state index in [9.17, 15) is 33.9 Å². The number of carbonyl (C=O) groups excluding carboxylic acids is 3. The molecule has 1 radical (unpaired) electrons. The zero-order chi connectivity index (χ0) is 32.5. The Morgan fingerprint density at radius 2 is 1.31 bits per heavy atom. The number of aromatic carboxylic acids is 1. The summed E-state index contributed by atoms with van der Waals surface area (Å²) in [6.45, 7) is 14.4. The monoisotopic (exact) mass is 674 g/mol. The molecule has 235 valence electrons. The topological polar surface area (TPSA) is 211 Å².